The van der Waals surface area contributed by atoms with Crippen LogP contribution in [0.1, 0.15) is 37.5 Å². The molecule has 0 spiro atoms. The molecule has 1 heterocycles. The van der Waals surface area contributed by atoms with Crippen molar-refractivity contribution in [1.29, 1.82) is 0 Å². The summed E-state index contributed by atoms with van der Waals surface area (Å²) >= 11 is 0. The number of carboxylic acid groups (broad SMARTS) is 1. The zero-order chi connectivity index (χ0) is 26.5. The van der Waals surface area contributed by atoms with Crippen molar-refractivity contribution >= 4 is 22.8 Å². The van der Waals surface area contributed by atoms with Crippen LogP contribution in [-0.4, -0.2) is 47.0 Å². The van der Waals surface area contributed by atoms with Gasteiger partial charge in [0, 0.05) is 36.6 Å². The highest BCUT2D eigenvalue weighted by Crippen LogP contribution is 2.36. The van der Waals surface area contributed by atoms with Crippen LogP contribution in [0, 0.1) is 0 Å². The van der Waals surface area contributed by atoms with E-state index < -0.39 is 11.5 Å². The van der Waals surface area contributed by atoms with E-state index in [1.165, 1.54) is 0 Å². The van der Waals surface area contributed by atoms with Gasteiger partial charge in [-0.05, 0) is 41.0 Å². The Hall–Kier alpha value is -4.68. The van der Waals surface area contributed by atoms with Crippen LogP contribution in [0.5, 0.6) is 0 Å². The van der Waals surface area contributed by atoms with Gasteiger partial charge in [-0.25, -0.2) is 4.79 Å². The molecule has 0 fully saturated rings. The average Bonchev–Trinajstić information content (AvgIpc) is 3.40. The number of nitrogens with zero attached hydrogens (tertiary/aromatic N) is 1. The number of amides is 1. The number of nitrogens with one attached hydrogen (secondary N) is 2. The third-order valence-electron chi connectivity index (χ3n) is 6.90. The molecule has 190 valence electrons. The van der Waals surface area contributed by atoms with E-state index >= 15 is 0 Å². The molecule has 3 N–H and O–H groups in total. The summed E-state index contributed by atoms with van der Waals surface area (Å²) in [7, 11) is 1.78. The van der Waals surface area contributed by atoms with Gasteiger partial charge in [0.25, 0.3) is 5.91 Å². The maximum atomic E-state index is 13.3. The summed E-state index contributed by atoms with van der Waals surface area (Å²) in [4.78, 5) is 29.1. The lowest BCUT2D eigenvalue weighted by molar-refractivity contribution is 0.0691. The van der Waals surface area contributed by atoms with Crippen molar-refractivity contribution in [2.75, 3.05) is 20.1 Å². The Balaban J connectivity index is 1.41. The first-order valence-corrected chi connectivity index (χ1v) is 12.5. The summed E-state index contributed by atoms with van der Waals surface area (Å²) in [6.07, 6.45) is 0. The number of carbonyl (C=O) groups is 2. The van der Waals surface area contributed by atoms with Crippen LogP contribution >= 0.6 is 0 Å². The van der Waals surface area contributed by atoms with Gasteiger partial charge in [0.1, 0.15) is 5.69 Å². The number of aromatic amines is 1. The number of likely N-dealkylation sites (N-methyl/N-ethyl adjacent to an activating group) is 1. The van der Waals surface area contributed by atoms with E-state index in [2.05, 4.69) is 46.7 Å². The highest BCUT2D eigenvalue weighted by molar-refractivity contribution is 6.00. The van der Waals surface area contributed by atoms with Gasteiger partial charge in [0.05, 0.1) is 5.54 Å². The van der Waals surface area contributed by atoms with Crippen molar-refractivity contribution in [2.24, 2.45) is 0 Å². The smallest absolute Gasteiger partial charge is 0.352 e. The average molecular weight is 504 g/mol. The van der Waals surface area contributed by atoms with E-state index in [0.29, 0.717) is 29.6 Å². The largest absolute Gasteiger partial charge is 0.477 e. The molecule has 0 saturated carbocycles. The molecule has 1 amide bonds. The van der Waals surface area contributed by atoms with Crippen molar-refractivity contribution in [3.63, 3.8) is 0 Å². The van der Waals surface area contributed by atoms with Gasteiger partial charge in [-0.3, -0.25) is 10.1 Å². The van der Waals surface area contributed by atoms with E-state index in [1.54, 1.807) is 36.2 Å². The van der Waals surface area contributed by atoms with Crippen molar-refractivity contribution < 1.29 is 14.7 Å². The number of hydrogen-bond donors (Lipinski definition) is 3. The Kier molecular flexibility index (Phi) is 7.07. The van der Waals surface area contributed by atoms with E-state index in [4.69, 9.17) is 0 Å². The molecule has 6 heteroatoms. The van der Waals surface area contributed by atoms with Crippen molar-refractivity contribution in [3.8, 4) is 0 Å². The molecule has 0 radical (unpaired) electrons. The lowest BCUT2D eigenvalue weighted by atomic mass is 9.77. The summed E-state index contributed by atoms with van der Waals surface area (Å²) in [6, 6.07) is 37.8. The maximum Gasteiger partial charge on any atom is 0.352 e. The van der Waals surface area contributed by atoms with Gasteiger partial charge in [-0.1, -0.05) is 91.0 Å². The summed E-state index contributed by atoms with van der Waals surface area (Å²) in [6.45, 7) is 1.01. The van der Waals surface area contributed by atoms with Gasteiger partial charge >= 0.3 is 5.97 Å². The fourth-order valence-corrected chi connectivity index (χ4v) is 4.98. The Morgan fingerprint density at radius 3 is 1.82 bits per heavy atom. The number of aromatic nitrogens is 1. The van der Waals surface area contributed by atoms with Crippen LogP contribution < -0.4 is 5.32 Å². The second-order valence-electron chi connectivity index (χ2n) is 9.29. The SMILES string of the molecule is CN(CCNC(c1ccccc1)(c1ccccc1)c1ccccc1)C(=O)c1ccc2[nH]c(C(=O)O)cc2c1. The molecular formula is C32H29N3O3. The predicted octanol–water partition coefficient (Wildman–Crippen LogP) is 5.52. The third kappa shape index (κ3) is 4.82. The van der Waals surface area contributed by atoms with Gasteiger partial charge in [-0.15, -0.1) is 0 Å². The van der Waals surface area contributed by atoms with E-state index in [1.807, 2.05) is 54.6 Å². The first-order chi connectivity index (χ1) is 18.5. The number of rotatable bonds is 9. The quantitative estimate of drug-likeness (QED) is 0.231. The number of benzene rings is 4. The summed E-state index contributed by atoms with van der Waals surface area (Å²) < 4.78 is 0. The van der Waals surface area contributed by atoms with E-state index in [0.717, 1.165) is 16.7 Å². The van der Waals surface area contributed by atoms with Crippen LogP contribution in [0.2, 0.25) is 0 Å². The summed E-state index contributed by atoms with van der Waals surface area (Å²) in [5, 5.41) is 13.7. The van der Waals surface area contributed by atoms with Crippen molar-refractivity contribution in [1.82, 2.24) is 15.2 Å². The Bertz CT molecular complexity index is 1450. The molecule has 0 unspecified atom stereocenters. The van der Waals surface area contributed by atoms with Crippen LogP contribution in [-0.2, 0) is 5.54 Å². The Morgan fingerprint density at radius 2 is 1.32 bits per heavy atom. The van der Waals surface area contributed by atoms with E-state index in [-0.39, 0.29) is 11.6 Å². The van der Waals surface area contributed by atoms with Gasteiger partial charge in [0.15, 0.2) is 0 Å². The molecule has 0 saturated heterocycles. The molecule has 0 aliphatic rings. The van der Waals surface area contributed by atoms with Gasteiger partial charge in [0.2, 0.25) is 0 Å². The number of H-pyrrole nitrogens is 1. The zero-order valence-electron chi connectivity index (χ0n) is 21.1. The number of hydrogen-bond acceptors (Lipinski definition) is 3. The number of carboxylic acids is 1. The van der Waals surface area contributed by atoms with Crippen molar-refractivity contribution in [2.45, 2.75) is 5.54 Å². The molecule has 0 atom stereocenters. The lowest BCUT2D eigenvalue weighted by Gasteiger charge is -2.37. The van der Waals surface area contributed by atoms with Crippen molar-refractivity contribution in [3.05, 3.63) is 143 Å². The molecule has 5 aromatic rings. The van der Waals surface area contributed by atoms with E-state index in [9.17, 15) is 14.7 Å². The predicted molar refractivity (Wildman–Crippen MR) is 149 cm³/mol. The normalized spacial score (nSPS) is 11.4. The minimum Gasteiger partial charge on any atom is -0.477 e. The Labute approximate surface area is 221 Å². The minimum atomic E-state index is -1.03. The molecule has 0 aliphatic heterocycles. The highest BCUT2D eigenvalue weighted by atomic mass is 16.4. The number of aromatic carboxylic acids is 1. The second-order valence-corrected chi connectivity index (χ2v) is 9.29. The standard InChI is InChI=1S/C32H29N3O3/c1-35(30(36)23-17-18-28-24(21-23)22-29(34-28)31(37)38)20-19-33-32(25-11-5-2-6-12-25,26-13-7-3-8-14-26)27-15-9-4-10-16-27/h2-18,21-22,33-34H,19-20H2,1H3,(H,37,38). The fourth-order valence-electron chi connectivity index (χ4n) is 4.98. The molecule has 0 aliphatic carbocycles. The van der Waals surface area contributed by atoms with Crippen LogP contribution in [0.25, 0.3) is 10.9 Å². The topological polar surface area (TPSA) is 85.4 Å². The first kappa shape index (κ1) is 25.0. The lowest BCUT2D eigenvalue weighted by Crippen LogP contribution is -2.47. The van der Waals surface area contributed by atoms with Gasteiger partial charge in [-0.2, -0.15) is 0 Å². The third-order valence-corrected chi connectivity index (χ3v) is 6.90. The second kappa shape index (κ2) is 10.7. The monoisotopic (exact) mass is 503 g/mol. The van der Waals surface area contributed by atoms with Crippen LogP contribution in [0.15, 0.2) is 115 Å². The first-order valence-electron chi connectivity index (χ1n) is 12.5. The molecule has 5 rings (SSSR count). The molecule has 38 heavy (non-hydrogen) atoms. The fraction of sp³-hybridized carbons (Fsp3) is 0.125. The summed E-state index contributed by atoms with van der Waals surface area (Å²) in [5.74, 6) is -1.16. The zero-order valence-corrected chi connectivity index (χ0v) is 21.1. The van der Waals surface area contributed by atoms with Crippen LogP contribution in [0.3, 0.4) is 0 Å². The number of carbonyl (C=O) groups excluding carboxylic acids is 1. The molecule has 0 bridgehead atoms. The minimum absolute atomic E-state index is 0.0984. The van der Waals surface area contributed by atoms with Gasteiger partial charge < -0.3 is 15.0 Å². The number of fused-ring (bicyclic) bond motifs is 1. The molecule has 1 aromatic heterocycles. The molecule has 6 nitrogen and oxygen atoms in total. The Morgan fingerprint density at radius 1 is 0.789 bits per heavy atom. The molecular weight excluding hydrogens is 474 g/mol. The maximum absolute atomic E-state index is 13.3. The summed E-state index contributed by atoms with van der Waals surface area (Å²) in [5.41, 5.74) is 4.01. The van der Waals surface area contributed by atoms with Crippen LogP contribution in [0.4, 0.5) is 0 Å². The highest BCUT2D eigenvalue weighted by Gasteiger charge is 2.35. The molecule has 4 aromatic carbocycles.